The Morgan fingerprint density at radius 1 is 1.20 bits per heavy atom. The Labute approximate surface area is 90.7 Å². The largest absolute Gasteiger partial charge is 0.185 e. The van der Waals surface area contributed by atoms with Gasteiger partial charge in [-0.15, -0.1) is 0 Å². The molecule has 1 heterocycles. The molecule has 0 aromatic heterocycles. The molecule has 0 bridgehead atoms. The SMILES string of the molecule is CC(C)c1ccc(CC2=CCN=N2)cc1. The first-order valence-corrected chi connectivity index (χ1v) is 5.41. The van der Waals surface area contributed by atoms with Gasteiger partial charge in [0.1, 0.15) is 0 Å². The van der Waals surface area contributed by atoms with Crippen molar-refractivity contribution in [1.29, 1.82) is 0 Å². The van der Waals surface area contributed by atoms with Gasteiger partial charge < -0.3 is 0 Å². The standard InChI is InChI=1S/C13H16N2/c1-10(2)12-5-3-11(4-6-12)9-13-7-8-14-15-13/h3-7,10H,8-9H2,1-2H3. The summed E-state index contributed by atoms with van der Waals surface area (Å²) in [6.07, 6.45) is 2.98. The Morgan fingerprint density at radius 2 is 1.93 bits per heavy atom. The van der Waals surface area contributed by atoms with Crippen LogP contribution in [0.5, 0.6) is 0 Å². The molecule has 0 atom stereocenters. The van der Waals surface area contributed by atoms with Crippen molar-refractivity contribution < 1.29 is 0 Å². The summed E-state index contributed by atoms with van der Waals surface area (Å²) in [5, 5.41) is 8.01. The van der Waals surface area contributed by atoms with Crippen LogP contribution in [-0.2, 0) is 6.42 Å². The highest BCUT2D eigenvalue weighted by atomic mass is 15.1. The zero-order chi connectivity index (χ0) is 10.7. The quantitative estimate of drug-likeness (QED) is 0.710. The number of hydrogen-bond donors (Lipinski definition) is 0. The lowest BCUT2D eigenvalue weighted by atomic mass is 10.0. The number of azo groups is 1. The van der Waals surface area contributed by atoms with Gasteiger partial charge in [-0.1, -0.05) is 38.1 Å². The van der Waals surface area contributed by atoms with Crippen molar-refractivity contribution in [3.05, 3.63) is 47.2 Å². The van der Waals surface area contributed by atoms with Crippen molar-refractivity contribution >= 4 is 0 Å². The van der Waals surface area contributed by atoms with E-state index in [-0.39, 0.29) is 0 Å². The van der Waals surface area contributed by atoms with Crippen LogP contribution in [-0.4, -0.2) is 6.54 Å². The molecule has 0 saturated heterocycles. The fraction of sp³-hybridized carbons (Fsp3) is 0.385. The summed E-state index contributed by atoms with van der Waals surface area (Å²) >= 11 is 0. The van der Waals surface area contributed by atoms with Crippen LogP contribution in [0.15, 0.2) is 46.3 Å². The molecule has 1 aromatic carbocycles. The smallest absolute Gasteiger partial charge is 0.0805 e. The van der Waals surface area contributed by atoms with Gasteiger partial charge >= 0.3 is 0 Å². The molecule has 0 N–H and O–H groups in total. The Kier molecular flexibility index (Phi) is 2.95. The minimum absolute atomic E-state index is 0.601. The van der Waals surface area contributed by atoms with Crippen LogP contribution in [0.4, 0.5) is 0 Å². The van der Waals surface area contributed by atoms with Gasteiger partial charge in [-0.05, 0) is 23.1 Å². The number of rotatable bonds is 3. The maximum atomic E-state index is 4.07. The lowest BCUT2D eigenvalue weighted by Gasteiger charge is -2.06. The molecule has 0 fully saturated rings. The van der Waals surface area contributed by atoms with Crippen LogP contribution in [0, 0.1) is 0 Å². The van der Waals surface area contributed by atoms with Gasteiger partial charge in [0, 0.05) is 6.42 Å². The summed E-state index contributed by atoms with van der Waals surface area (Å²) < 4.78 is 0. The number of allylic oxidation sites excluding steroid dienone is 1. The highest BCUT2D eigenvalue weighted by Crippen LogP contribution is 2.18. The van der Waals surface area contributed by atoms with Crippen LogP contribution in [0.3, 0.4) is 0 Å². The Morgan fingerprint density at radius 3 is 2.47 bits per heavy atom. The number of hydrogen-bond acceptors (Lipinski definition) is 2. The molecule has 78 valence electrons. The molecule has 1 aliphatic rings. The summed E-state index contributed by atoms with van der Waals surface area (Å²) in [7, 11) is 0. The Hall–Kier alpha value is -1.44. The second-order valence-electron chi connectivity index (χ2n) is 4.19. The minimum Gasteiger partial charge on any atom is -0.185 e. The highest BCUT2D eigenvalue weighted by molar-refractivity contribution is 5.28. The fourth-order valence-electron chi connectivity index (χ4n) is 1.66. The summed E-state index contributed by atoms with van der Waals surface area (Å²) in [4.78, 5) is 0. The molecular formula is C13H16N2. The van der Waals surface area contributed by atoms with Crippen molar-refractivity contribution in [1.82, 2.24) is 0 Å². The second kappa shape index (κ2) is 4.39. The summed E-state index contributed by atoms with van der Waals surface area (Å²) in [5.41, 5.74) is 3.79. The van der Waals surface area contributed by atoms with Crippen molar-refractivity contribution in [3.8, 4) is 0 Å². The zero-order valence-corrected chi connectivity index (χ0v) is 9.27. The Bertz CT molecular complexity index is 386. The number of nitrogens with zero attached hydrogens (tertiary/aromatic N) is 2. The molecule has 0 aliphatic carbocycles. The zero-order valence-electron chi connectivity index (χ0n) is 9.27. The van der Waals surface area contributed by atoms with E-state index in [1.165, 1.54) is 11.1 Å². The molecule has 0 spiro atoms. The topological polar surface area (TPSA) is 24.7 Å². The summed E-state index contributed by atoms with van der Waals surface area (Å²) in [5.74, 6) is 0.601. The average Bonchev–Trinajstić information content (AvgIpc) is 2.71. The highest BCUT2D eigenvalue weighted by Gasteiger charge is 2.03. The van der Waals surface area contributed by atoms with E-state index in [4.69, 9.17) is 0 Å². The predicted molar refractivity (Wildman–Crippen MR) is 62.0 cm³/mol. The first-order valence-electron chi connectivity index (χ1n) is 5.41. The molecule has 0 saturated carbocycles. The van der Waals surface area contributed by atoms with E-state index >= 15 is 0 Å². The molecule has 2 nitrogen and oxygen atoms in total. The first kappa shape index (κ1) is 10.1. The van der Waals surface area contributed by atoms with Crippen LogP contribution in [0.25, 0.3) is 0 Å². The van der Waals surface area contributed by atoms with Crippen molar-refractivity contribution in [2.75, 3.05) is 6.54 Å². The molecular weight excluding hydrogens is 184 g/mol. The molecule has 15 heavy (non-hydrogen) atoms. The molecule has 1 aromatic rings. The van der Waals surface area contributed by atoms with Crippen LogP contribution < -0.4 is 0 Å². The minimum atomic E-state index is 0.601. The van der Waals surface area contributed by atoms with E-state index in [0.717, 1.165) is 18.7 Å². The van der Waals surface area contributed by atoms with E-state index in [9.17, 15) is 0 Å². The van der Waals surface area contributed by atoms with Crippen LogP contribution >= 0.6 is 0 Å². The van der Waals surface area contributed by atoms with E-state index in [1.807, 2.05) is 0 Å². The normalized spacial score (nSPS) is 14.7. The van der Waals surface area contributed by atoms with Crippen LogP contribution in [0.1, 0.15) is 30.9 Å². The maximum absolute atomic E-state index is 4.07. The third-order valence-electron chi connectivity index (χ3n) is 2.64. The second-order valence-corrected chi connectivity index (χ2v) is 4.19. The van der Waals surface area contributed by atoms with Crippen molar-refractivity contribution in [3.63, 3.8) is 0 Å². The molecule has 1 aliphatic heterocycles. The lowest BCUT2D eigenvalue weighted by molar-refractivity contribution is 0.865. The van der Waals surface area contributed by atoms with Gasteiger partial charge in [0.05, 0.1) is 12.2 Å². The van der Waals surface area contributed by atoms with Gasteiger partial charge in [-0.25, -0.2) is 0 Å². The third kappa shape index (κ3) is 2.52. The molecule has 0 unspecified atom stereocenters. The van der Waals surface area contributed by atoms with E-state index in [2.05, 4.69) is 54.4 Å². The van der Waals surface area contributed by atoms with Gasteiger partial charge in [0.25, 0.3) is 0 Å². The monoisotopic (exact) mass is 200 g/mol. The Balaban J connectivity index is 2.07. The van der Waals surface area contributed by atoms with E-state index in [0.29, 0.717) is 5.92 Å². The van der Waals surface area contributed by atoms with E-state index < -0.39 is 0 Å². The summed E-state index contributed by atoms with van der Waals surface area (Å²) in [6, 6.07) is 8.77. The van der Waals surface area contributed by atoms with Gasteiger partial charge in [-0.2, -0.15) is 10.2 Å². The molecule has 2 heteroatoms. The fourth-order valence-corrected chi connectivity index (χ4v) is 1.66. The molecule has 2 rings (SSSR count). The van der Waals surface area contributed by atoms with Crippen molar-refractivity contribution in [2.24, 2.45) is 10.2 Å². The molecule has 0 radical (unpaired) electrons. The molecule has 0 amide bonds. The van der Waals surface area contributed by atoms with Gasteiger partial charge in [-0.3, -0.25) is 0 Å². The van der Waals surface area contributed by atoms with Gasteiger partial charge in [0.2, 0.25) is 0 Å². The summed E-state index contributed by atoms with van der Waals surface area (Å²) in [6.45, 7) is 5.17. The first-order chi connectivity index (χ1) is 7.25. The number of benzene rings is 1. The predicted octanol–water partition coefficient (Wildman–Crippen LogP) is 3.70. The average molecular weight is 200 g/mol. The third-order valence-corrected chi connectivity index (χ3v) is 2.64. The van der Waals surface area contributed by atoms with Crippen molar-refractivity contribution in [2.45, 2.75) is 26.2 Å². The van der Waals surface area contributed by atoms with Gasteiger partial charge in [0.15, 0.2) is 0 Å². The lowest BCUT2D eigenvalue weighted by Crippen LogP contribution is -1.90. The van der Waals surface area contributed by atoms with E-state index in [1.54, 1.807) is 0 Å². The maximum Gasteiger partial charge on any atom is 0.0805 e. The van der Waals surface area contributed by atoms with Crippen LogP contribution in [0.2, 0.25) is 0 Å².